The molecule has 13 heteroatoms. The average molecular weight is 467 g/mol. The Morgan fingerprint density at radius 3 is 2.30 bits per heavy atom. The van der Waals surface area contributed by atoms with Gasteiger partial charge in [0.05, 0.1) is 10.5 Å². The van der Waals surface area contributed by atoms with Crippen molar-refractivity contribution in [1.82, 2.24) is 14.2 Å². The van der Waals surface area contributed by atoms with Gasteiger partial charge in [-0.3, -0.25) is 4.79 Å². The second-order valence-electron chi connectivity index (χ2n) is 6.18. The lowest BCUT2D eigenvalue weighted by molar-refractivity contribution is -0.0329. The molecular weight excluding hydrogens is 453 g/mol. The Balaban J connectivity index is 1.73. The fourth-order valence-electron chi connectivity index (χ4n) is 2.83. The molecule has 2 aromatic rings. The maximum atomic E-state index is 13.4. The van der Waals surface area contributed by atoms with E-state index in [1.807, 2.05) is 0 Å². The summed E-state index contributed by atoms with van der Waals surface area (Å²) in [5.41, 5.74) is -4.86. The lowest BCUT2D eigenvalue weighted by Crippen LogP contribution is -2.50. The van der Waals surface area contributed by atoms with Crippen molar-refractivity contribution in [3.8, 4) is 0 Å². The molecule has 1 fully saturated rings. The number of alkyl halides is 3. The fraction of sp³-hybridized carbons (Fsp3) is 0.294. The number of hydrogen-bond acceptors (Lipinski definition) is 5. The zero-order valence-corrected chi connectivity index (χ0v) is 16.7. The second-order valence-corrected chi connectivity index (χ2v) is 9.17. The van der Waals surface area contributed by atoms with E-state index < -0.39 is 54.8 Å². The van der Waals surface area contributed by atoms with Gasteiger partial charge in [-0.1, -0.05) is 0 Å². The Labute approximate surface area is 172 Å². The first-order valence-corrected chi connectivity index (χ1v) is 10.7. The van der Waals surface area contributed by atoms with E-state index in [-0.39, 0.29) is 31.7 Å². The van der Waals surface area contributed by atoms with Crippen molar-refractivity contribution >= 4 is 27.7 Å². The number of thioether (sulfide) groups is 1. The minimum absolute atomic E-state index is 0.0905. The smallest absolute Gasteiger partial charge is 0.336 e. The van der Waals surface area contributed by atoms with E-state index in [2.05, 4.69) is 4.98 Å². The summed E-state index contributed by atoms with van der Waals surface area (Å²) in [5, 5.41) is -0.494. The highest BCUT2D eigenvalue weighted by molar-refractivity contribution is 8.00. The summed E-state index contributed by atoms with van der Waals surface area (Å²) >= 11 is -0.507. The molecule has 162 valence electrons. The molecule has 0 bridgehead atoms. The number of aromatic nitrogens is 1. The van der Waals surface area contributed by atoms with Crippen LogP contribution in [-0.2, 0) is 10.0 Å². The number of pyridine rings is 1. The van der Waals surface area contributed by atoms with Crippen LogP contribution in [0.4, 0.5) is 22.0 Å². The van der Waals surface area contributed by atoms with Gasteiger partial charge in [0.2, 0.25) is 10.0 Å². The van der Waals surface area contributed by atoms with E-state index in [4.69, 9.17) is 0 Å². The lowest BCUT2D eigenvalue weighted by Gasteiger charge is -2.34. The Hall–Kier alpha value is -2.25. The highest BCUT2D eigenvalue weighted by atomic mass is 32.2. The van der Waals surface area contributed by atoms with Crippen molar-refractivity contribution in [3.05, 3.63) is 53.7 Å². The third-order valence-electron chi connectivity index (χ3n) is 4.27. The van der Waals surface area contributed by atoms with Gasteiger partial charge in [0.25, 0.3) is 5.91 Å². The van der Waals surface area contributed by atoms with E-state index in [1.165, 1.54) is 17.0 Å². The molecule has 0 aliphatic carbocycles. The first kappa shape index (κ1) is 22.4. The summed E-state index contributed by atoms with van der Waals surface area (Å²) in [6, 6.07) is 4.75. The maximum absolute atomic E-state index is 13.4. The van der Waals surface area contributed by atoms with E-state index >= 15 is 0 Å². The molecule has 0 N–H and O–H groups in total. The van der Waals surface area contributed by atoms with Gasteiger partial charge < -0.3 is 4.90 Å². The number of amides is 1. The third-order valence-corrected chi connectivity index (χ3v) is 6.91. The number of sulfonamides is 1. The molecule has 1 aliphatic heterocycles. The summed E-state index contributed by atoms with van der Waals surface area (Å²) in [4.78, 5) is 17.1. The third kappa shape index (κ3) is 4.90. The summed E-state index contributed by atoms with van der Waals surface area (Å²) in [6.07, 6.45) is 1.14. The van der Waals surface area contributed by atoms with Crippen LogP contribution in [0.2, 0.25) is 0 Å². The number of hydrogen-bond donors (Lipinski definition) is 0. The van der Waals surface area contributed by atoms with Crippen molar-refractivity contribution in [2.45, 2.75) is 15.4 Å². The van der Waals surface area contributed by atoms with Gasteiger partial charge in [-0.05, 0) is 30.3 Å². The van der Waals surface area contributed by atoms with Crippen molar-refractivity contribution < 1.29 is 35.2 Å². The molecule has 0 atom stereocenters. The minimum atomic E-state index is -4.62. The Bertz CT molecular complexity index is 1050. The molecule has 2 heterocycles. The molecule has 0 spiro atoms. The van der Waals surface area contributed by atoms with E-state index in [0.29, 0.717) is 12.1 Å². The van der Waals surface area contributed by atoms with Crippen LogP contribution < -0.4 is 0 Å². The average Bonchev–Trinajstić information content (AvgIpc) is 2.69. The highest BCUT2D eigenvalue weighted by Crippen LogP contribution is 2.37. The monoisotopic (exact) mass is 467 g/mol. The first-order chi connectivity index (χ1) is 14.0. The topological polar surface area (TPSA) is 70.6 Å². The van der Waals surface area contributed by atoms with Gasteiger partial charge >= 0.3 is 5.51 Å². The number of piperazine rings is 1. The summed E-state index contributed by atoms with van der Waals surface area (Å²) in [7, 11) is -4.12. The van der Waals surface area contributed by atoms with Crippen LogP contribution in [0.15, 0.2) is 46.5 Å². The Morgan fingerprint density at radius 2 is 1.70 bits per heavy atom. The molecule has 30 heavy (non-hydrogen) atoms. The summed E-state index contributed by atoms with van der Waals surface area (Å²) in [5.74, 6) is -3.20. The predicted octanol–water partition coefficient (Wildman–Crippen LogP) is 3.12. The standard InChI is InChI=1S/C17H14F5N3O3S2/c18-13-4-3-11(10-14(13)19)30(27,28)25-8-6-24(7-9-25)16(26)12-2-1-5-23-15(12)29-17(20,21)22/h1-5,10H,6-9H2. The largest absolute Gasteiger partial charge is 0.447 e. The molecule has 3 rings (SSSR count). The van der Waals surface area contributed by atoms with Crippen molar-refractivity contribution in [3.63, 3.8) is 0 Å². The van der Waals surface area contributed by atoms with Gasteiger partial charge in [-0.2, -0.15) is 17.5 Å². The number of halogens is 5. The van der Waals surface area contributed by atoms with Gasteiger partial charge in [0, 0.05) is 44.1 Å². The van der Waals surface area contributed by atoms with Gasteiger partial charge in [0.15, 0.2) is 11.6 Å². The van der Waals surface area contributed by atoms with E-state index in [9.17, 15) is 35.2 Å². The molecule has 0 unspecified atom stereocenters. The summed E-state index contributed by atoms with van der Waals surface area (Å²) < 4.78 is 90.7. The lowest BCUT2D eigenvalue weighted by atomic mass is 10.2. The van der Waals surface area contributed by atoms with E-state index in [1.54, 1.807) is 0 Å². The molecule has 1 aromatic carbocycles. The Kier molecular flexibility index (Phi) is 6.34. The number of rotatable bonds is 4. The van der Waals surface area contributed by atoms with Crippen molar-refractivity contribution in [2.75, 3.05) is 26.2 Å². The molecule has 1 saturated heterocycles. The van der Waals surface area contributed by atoms with Crippen LogP contribution in [0.5, 0.6) is 0 Å². The molecule has 0 saturated carbocycles. The van der Waals surface area contributed by atoms with Crippen LogP contribution >= 0.6 is 11.8 Å². The molecular formula is C17H14F5N3O3S2. The normalized spacial score (nSPS) is 16.0. The molecule has 0 radical (unpaired) electrons. The quantitative estimate of drug-likeness (QED) is 0.511. The number of benzene rings is 1. The molecule has 6 nitrogen and oxygen atoms in total. The van der Waals surface area contributed by atoms with Gasteiger partial charge in [0.1, 0.15) is 5.03 Å². The Morgan fingerprint density at radius 1 is 1.03 bits per heavy atom. The van der Waals surface area contributed by atoms with E-state index in [0.717, 1.165) is 16.6 Å². The highest BCUT2D eigenvalue weighted by Gasteiger charge is 2.35. The zero-order valence-electron chi connectivity index (χ0n) is 15.1. The first-order valence-electron chi connectivity index (χ1n) is 8.44. The van der Waals surface area contributed by atoms with Gasteiger partial charge in [-0.15, -0.1) is 0 Å². The number of carbonyl (C=O) groups is 1. The maximum Gasteiger partial charge on any atom is 0.447 e. The fourth-order valence-corrected chi connectivity index (χ4v) is 4.87. The van der Waals surface area contributed by atoms with Crippen molar-refractivity contribution in [2.24, 2.45) is 0 Å². The minimum Gasteiger partial charge on any atom is -0.336 e. The molecule has 1 aliphatic rings. The molecule has 1 amide bonds. The molecule has 1 aromatic heterocycles. The van der Waals surface area contributed by atoms with Gasteiger partial charge in [-0.25, -0.2) is 22.2 Å². The van der Waals surface area contributed by atoms with Crippen LogP contribution in [0.1, 0.15) is 10.4 Å². The zero-order chi connectivity index (χ0) is 22.1. The predicted molar refractivity (Wildman–Crippen MR) is 97.2 cm³/mol. The SMILES string of the molecule is O=C(c1cccnc1SC(F)(F)F)N1CCN(S(=O)(=O)c2ccc(F)c(F)c2)CC1. The van der Waals surface area contributed by atoms with Crippen LogP contribution in [0.25, 0.3) is 0 Å². The number of carbonyl (C=O) groups excluding carboxylic acids is 1. The number of nitrogens with zero attached hydrogens (tertiary/aromatic N) is 3. The summed E-state index contributed by atoms with van der Waals surface area (Å²) in [6.45, 7) is -0.496. The van der Waals surface area contributed by atoms with Crippen LogP contribution in [0, 0.1) is 11.6 Å². The second kappa shape index (κ2) is 8.47. The van der Waals surface area contributed by atoms with Crippen LogP contribution in [0.3, 0.4) is 0 Å². The van der Waals surface area contributed by atoms with Crippen LogP contribution in [-0.4, -0.2) is 60.2 Å². The van der Waals surface area contributed by atoms with Crippen molar-refractivity contribution in [1.29, 1.82) is 0 Å².